The van der Waals surface area contributed by atoms with E-state index in [1.165, 1.54) is 0 Å². The second-order valence-electron chi connectivity index (χ2n) is 4.12. The summed E-state index contributed by atoms with van der Waals surface area (Å²) >= 11 is 0. The maximum atomic E-state index is 5.97. The van der Waals surface area contributed by atoms with Crippen LogP contribution in [0.5, 0.6) is 0 Å². The fourth-order valence-electron chi connectivity index (χ4n) is 1.65. The third-order valence-corrected chi connectivity index (χ3v) is 2.51. The monoisotopic (exact) mass is 235 g/mol. The highest BCUT2D eigenvalue weighted by atomic mass is 15.4. The second kappa shape index (κ2) is 5.05. The molecule has 7 nitrogen and oxygen atoms in total. The van der Waals surface area contributed by atoms with E-state index in [0.717, 1.165) is 24.2 Å². The lowest BCUT2D eigenvalue weighted by atomic mass is 10.1. The van der Waals surface area contributed by atoms with Gasteiger partial charge in [0.2, 0.25) is 0 Å². The molecule has 2 aromatic rings. The summed E-state index contributed by atoms with van der Waals surface area (Å²) in [6, 6.07) is -0.0318. The minimum absolute atomic E-state index is 0.0318. The average Bonchev–Trinajstić information content (AvgIpc) is 2.89. The summed E-state index contributed by atoms with van der Waals surface area (Å²) < 4.78 is 3.39. The lowest BCUT2D eigenvalue weighted by molar-refractivity contribution is 0.616. The summed E-state index contributed by atoms with van der Waals surface area (Å²) in [4.78, 5) is 0. The maximum Gasteiger partial charge on any atom is 0.104 e. The highest BCUT2D eigenvalue weighted by Gasteiger charge is 2.10. The molecular weight excluding hydrogens is 218 g/mol. The molecule has 0 aliphatic heterocycles. The van der Waals surface area contributed by atoms with E-state index in [0.29, 0.717) is 6.54 Å². The number of nitrogens with two attached hydrogens (primary N) is 1. The molecule has 0 fully saturated rings. The van der Waals surface area contributed by atoms with Crippen molar-refractivity contribution in [3.05, 3.63) is 23.8 Å². The predicted molar refractivity (Wildman–Crippen MR) is 62.0 cm³/mol. The summed E-state index contributed by atoms with van der Waals surface area (Å²) in [6.07, 6.45) is 5.68. The smallest absolute Gasteiger partial charge is 0.104 e. The standard InChI is InChI=1S/C10H17N7/c1-3-4-9(11)10-7-17(15-13-10)6-8-5-16(2)14-12-8/h5,7,9H,3-4,6,11H2,1-2H3. The Hall–Kier alpha value is -1.76. The molecule has 0 saturated carbocycles. The van der Waals surface area contributed by atoms with E-state index in [-0.39, 0.29) is 6.04 Å². The van der Waals surface area contributed by atoms with Crippen LogP contribution < -0.4 is 5.73 Å². The Kier molecular flexibility index (Phi) is 3.48. The van der Waals surface area contributed by atoms with Crippen LogP contribution >= 0.6 is 0 Å². The van der Waals surface area contributed by atoms with Crippen LogP contribution in [0, 0.1) is 0 Å². The molecule has 1 unspecified atom stereocenters. The van der Waals surface area contributed by atoms with Crippen molar-refractivity contribution in [2.45, 2.75) is 32.4 Å². The van der Waals surface area contributed by atoms with Gasteiger partial charge in [-0.25, -0.2) is 4.68 Å². The van der Waals surface area contributed by atoms with Crippen LogP contribution in [-0.4, -0.2) is 30.0 Å². The highest BCUT2D eigenvalue weighted by Crippen LogP contribution is 2.12. The molecule has 0 radical (unpaired) electrons. The normalized spacial score (nSPS) is 12.9. The van der Waals surface area contributed by atoms with Gasteiger partial charge in [-0.05, 0) is 6.42 Å². The topological polar surface area (TPSA) is 87.4 Å². The third-order valence-electron chi connectivity index (χ3n) is 2.51. The van der Waals surface area contributed by atoms with Gasteiger partial charge in [0.05, 0.1) is 24.5 Å². The first kappa shape index (κ1) is 11.7. The van der Waals surface area contributed by atoms with Gasteiger partial charge >= 0.3 is 0 Å². The van der Waals surface area contributed by atoms with E-state index < -0.39 is 0 Å². The van der Waals surface area contributed by atoms with Crippen LogP contribution in [0.15, 0.2) is 12.4 Å². The van der Waals surface area contributed by atoms with Crippen LogP contribution in [0.1, 0.15) is 37.2 Å². The molecule has 0 saturated heterocycles. The molecule has 7 heteroatoms. The lowest BCUT2D eigenvalue weighted by Gasteiger charge is -2.04. The predicted octanol–water partition coefficient (Wildman–Crippen LogP) is 0.255. The van der Waals surface area contributed by atoms with Crippen LogP contribution in [-0.2, 0) is 13.6 Å². The zero-order valence-electron chi connectivity index (χ0n) is 10.1. The van der Waals surface area contributed by atoms with Crippen molar-refractivity contribution in [3.8, 4) is 0 Å². The van der Waals surface area contributed by atoms with Crippen LogP contribution in [0.2, 0.25) is 0 Å². The Morgan fingerprint density at radius 2 is 2.12 bits per heavy atom. The Morgan fingerprint density at radius 3 is 2.76 bits per heavy atom. The molecule has 0 amide bonds. The van der Waals surface area contributed by atoms with Crippen LogP contribution in [0.4, 0.5) is 0 Å². The van der Waals surface area contributed by atoms with Gasteiger partial charge in [-0.15, -0.1) is 10.2 Å². The number of aromatic nitrogens is 6. The molecule has 0 bridgehead atoms. The molecule has 0 spiro atoms. The molecule has 2 rings (SSSR count). The Balaban J connectivity index is 2.03. The molecule has 0 aliphatic rings. The first-order valence-corrected chi connectivity index (χ1v) is 5.70. The summed E-state index contributed by atoms with van der Waals surface area (Å²) in [5, 5.41) is 16.0. The van der Waals surface area contributed by atoms with Gasteiger partial charge < -0.3 is 5.73 Å². The molecule has 0 aromatic carbocycles. The van der Waals surface area contributed by atoms with E-state index in [2.05, 4.69) is 27.5 Å². The molecule has 2 heterocycles. The van der Waals surface area contributed by atoms with Crippen LogP contribution in [0.3, 0.4) is 0 Å². The lowest BCUT2D eigenvalue weighted by Crippen LogP contribution is -2.10. The van der Waals surface area contributed by atoms with Gasteiger partial charge in [-0.3, -0.25) is 4.68 Å². The quantitative estimate of drug-likeness (QED) is 0.803. The van der Waals surface area contributed by atoms with E-state index in [1.807, 2.05) is 19.4 Å². The van der Waals surface area contributed by atoms with E-state index in [4.69, 9.17) is 5.73 Å². The molecule has 1 atom stereocenters. The first-order chi connectivity index (χ1) is 8.19. The number of hydrogen-bond donors (Lipinski definition) is 1. The number of rotatable bonds is 5. The molecule has 2 aromatic heterocycles. The summed E-state index contributed by atoms with van der Waals surface area (Å²) in [5.41, 5.74) is 7.65. The first-order valence-electron chi connectivity index (χ1n) is 5.70. The molecular formula is C10H17N7. The Bertz CT molecular complexity index is 472. The highest BCUT2D eigenvalue weighted by molar-refractivity contribution is 5.01. The summed E-state index contributed by atoms with van der Waals surface area (Å²) in [5.74, 6) is 0. The SMILES string of the molecule is CCCC(N)c1cn(Cc2cn(C)nn2)nn1. The minimum Gasteiger partial charge on any atom is -0.323 e. The average molecular weight is 235 g/mol. The van der Waals surface area contributed by atoms with Gasteiger partial charge in [0.25, 0.3) is 0 Å². The number of hydrogen-bond acceptors (Lipinski definition) is 5. The van der Waals surface area contributed by atoms with Gasteiger partial charge in [0.15, 0.2) is 0 Å². The largest absolute Gasteiger partial charge is 0.323 e. The van der Waals surface area contributed by atoms with Crippen molar-refractivity contribution in [3.63, 3.8) is 0 Å². The Labute approximate surface area is 99.6 Å². The van der Waals surface area contributed by atoms with Crippen molar-refractivity contribution < 1.29 is 0 Å². The van der Waals surface area contributed by atoms with Crippen molar-refractivity contribution in [1.29, 1.82) is 0 Å². The van der Waals surface area contributed by atoms with Crippen molar-refractivity contribution in [1.82, 2.24) is 30.0 Å². The minimum atomic E-state index is -0.0318. The third kappa shape index (κ3) is 2.88. The summed E-state index contributed by atoms with van der Waals surface area (Å²) in [7, 11) is 1.83. The summed E-state index contributed by atoms with van der Waals surface area (Å²) in [6.45, 7) is 2.67. The fraction of sp³-hybridized carbons (Fsp3) is 0.600. The number of aryl methyl sites for hydroxylation is 1. The van der Waals surface area contributed by atoms with Crippen LogP contribution in [0.25, 0.3) is 0 Å². The van der Waals surface area contributed by atoms with Crippen molar-refractivity contribution in [2.75, 3.05) is 0 Å². The number of nitrogens with zero attached hydrogens (tertiary/aromatic N) is 6. The zero-order chi connectivity index (χ0) is 12.3. The van der Waals surface area contributed by atoms with E-state index in [1.54, 1.807) is 9.36 Å². The second-order valence-corrected chi connectivity index (χ2v) is 4.12. The van der Waals surface area contributed by atoms with Gasteiger partial charge in [0, 0.05) is 13.2 Å². The van der Waals surface area contributed by atoms with E-state index in [9.17, 15) is 0 Å². The van der Waals surface area contributed by atoms with Crippen molar-refractivity contribution >= 4 is 0 Å². The fourth-order valence-corrected chi connectivity index (χ4v) is 1.65. The maximum absolute atomic E-state index is 5.97. The van der Waals surface area contributed by atoms with Gasteiger partial charge in [-0.2, -0.15) is 0 Å². The van der Waals surface area contributed by atoms with Crippen molar-refractivity contribution in [2.24, 2.45) is 12.8 Å². The Morgan fingerprint density at radius 1 is 1.29 bits per heavy atom. The van der Waals surface area contributed by atoms with Gasteiger partial charge in [0.1, 0.15) is 5.69 Å². The molecule has 0 aliphatic carbocycles. The van der Waals surface area contributed by atoms with Gasteiger partial charge in [-0.1, -0.05) is 23.8 Å². The molecule has 17 heavy (non-hydrogen) atoms. The molecule has 2 N–H and O–H groups in total. The molecule has 92 valence electrons. The van der Waals surface area contributed by atoms with E-state index >= 15 is 0 Å². The zero-order valence-corrected chi connectivity index (χ0v) is 10.1.